The molecule has 0 unspecified atom stereocenters. The van der Waals surface area contributed by atoms with Crippen LogP contribution in [0, 0.1) is 6.92 Å². The minimum absolute atomic E-state index is 0.0466. The molecule has 4 rings (SSSR count). The summed E-state index contributed by atoms with van der Waals surface area (Å²) < 4.78 is 41.9. The summed E-state index contributed by atoms with van der Waals surface area (Å²) in [5, 5.41) is 3.10. The Morgan fingerprint density at radius 3 is 2.66 bits per heavy atom. The molecule has 29 heavy (non-hydrogen) atoms. The molecule has 8 heteroatoms. The van der Waals surface area contributed by atoms with Gasteiger partial charge < -0.3 is 5.32 Å². The van der Waals surface area contributed by atoms with Crippen LogP contribution in [0.2, 0.25) is 0 Å². The summed E-state index contributed by atoms with van der Waals surface area (Å²) in [6.07, 6.45) is -1.15. The number of alkyl halides is 3. The van der Waals surface area contributed by atoms with Crippen molar-refractivity contribution in [3.05, 3.63) is 69.1 Å². The maximum Gasteiger partial charge on any atom is 0.418 e. The first-order chi connectivity index (χ1) is 13.7. The molecular weight excluding hydrogens is 447 g/mol. The van der Waals surface area contributed by atoms with Gasteiger partial charge in [-0.3, -0.25) is 9.78 Å². The highest BCUT2D eigenvalue weighted by Gasteiger charge is 2.36. The van der Waals surface area contributed by atoms with Crippen LogP contribution in [0.4, 0.5) is 13.2 Å². The Morgan fingerprint density at radius 2 is 2.00 bits per heavy atom. The zero-order valence-electron chi connectivity index (χ0n) is 15.5. The number of rotatable bonds is 4. The van der Waals surface area contributed by atoms with Crippen LogP contribution in [0.15, 0.2) is 41.0 Å². The van der Waals surface area contributed by atoms with Crippen LogP contribution in [0.5, 0.6) is 0 Å². The van der Waals surface area contributed by atoms with E-state index in [0.29, 0.717) is 22.2 Å². The van der Waals surface area contributed by atoms with E-state index in [0.717, 1.165) is 17.3 Å². The Balaban J connectivity index is 1.70. The topological polar surface area (TPSA) is 54.9 Å². The summed E-state index contributed by atoms with van der Waals surface area (Å²) in [5.74, 6) is -0.364. The molecule has 1 aliphatic carbocycles. The highest BCUT2D eigenvalue weighted by atomic mass is 79.9. The van der Waals surface area contributed by atoms with Gasteiger partial charge >= 0.3 is 6.18 Å². The molecule has 0 spiro atoms. The van der Waals surface area contributed by atoms with Crippen molar-refractivity contribution in [3.63, 3.8) is 0 Å². The van der Waals surface area contributed by atoms with Gasteiger partial charge in [0, 0.05) is 16.1 Å². The van der Waals surface area contributed by atoms with Crippen molar-refractivity contribution in [1.29, 1.82) is 0 Å². The highest BCUT2D eigenvalue weighted by Crippen LogP contribution is 2.44. The average Bonchev–Trinajstić information content (AvgIpc) is 3.50. The number of pyridine rings is 2. The van der Waals surface area contributed by atoms with Crippen LogP contribution >= 0.6 is 15.9 Å². The van der Waals surface area contributed by atoms with Crippen molar-refractivity contribution in [2.75, 3.05) is 0 Å². The number of nitrogens with one attached hydrogen (secondary N) is 1. The van der Waals surface area contributed by atoms with Crippen LogP contribution < -0.4 is 5.32 Å². The number of nitrogens with zero attached hydrogens (tertiary/aromatic N) is 2. The van der Waals surface area contributed by atoms with E-state index >= 15 is 0 Å². The van der Waals surface area contributed by atoms with E-state index in [1.807, 2.05) is 0 Å². The van der Waals surface area contributed by atoms with Crippen LogP contribution in [0.25, 0.3) is 10.9 Å². The summed E-state index contributed by atoms with van der Waals surface area (Å²) >= 11 is 3.33. The first-order valence-electron chi connectivity index (χ1n) is 9.13. The van der Waals surface area contributed by atoms with E-state index in [4.69, 9.17) is 0 Å². The lowest BCUT2D eigenvalue weighted by Gasteiger charge is -2.15. The van der Waals surface area contributed by atoms with E-state index in [9.17, 15) is 18.0 Å². The van der Waals surface area contributed by atoms with Crippen molar-refractivity contribution in [2.45, 2.75) is 38.4 Å². The van der Waals surface area contributed by atoms with Crippen LogP contribution in [0.3, 0.4) is 0 Å². The van der Waals surface area contributed by atoms with E-state index in [1.165, 1.54) is 12.1 Å². The molecule has 0 atom stereocenters. The summed E-state index contributed by atoms with van der Waals surface area (Å²) in [7, 11) is 0. The molecule has 2 aromatic heterocycles. The number of halogens is 4. The molecule has 1 aliphatic rings. The molecule has 4 nitrogen and oxygen atoms in total. The predicted molar refractivity (Wildman–Crippen MR) is 107 cm³/mol. The highest BCUT2D eigenvalue weighted by molar-refractivity contribution is 9.10. The number of amides is 1. The molecule has 0 bridgehead atoms. The Hall–Kier alpha value is -2.48. The standard InChI is InChI=1S/C21H17BrF3N3O/c1-11-6-18(20(29)27-10-15-9-14(22)4-5-26-15)28-19-16(11)7-13(12-2-3-12)8-17(19)21(23,24)25/h4-9,12H,2-3,10H2,1H3,(H,27,29). The second kappa shape index (κ2) is 7.40. The fraction of sp³-hybridized carbons (Fsp3) is 0.286. The van der Waals surface area contributed by atoms with Gasteiger partial charge in [0.15, 0.2) is 0 Å². The maximum absolute atomic E-state index is 13.7. The quantitative estimate of drug-likeness (QED) is 0.553. The zero-order chi connectivity index (χ0) is 20.8. The largest absolute Gasteiger partial charge is 0.418 e. The van der Waals surface area contributed by atoms with Gasteiger partial charge in [0.05, 0.1) is 23.3 Å². The molecule has 0 radical (unpaired) electrons. The van der Waals surface area contributed by atoms with Crippen LogP contribution in [0.1, 0.15) is 51.6 Å². The normalized spacial score (nSPS) is 14.2. The number of fused-ring (bicyclic) bond motifs is 1. The van der Waals surface area contributed by atoms with Gasteiger partial charge in [0.25, 0.3) is 5.91 Å². The van der Waals surface area contributed by atoms with Gasteiger partial charge in [-0.15, -0.1) is 0 Å². The molecule has 1 amide bonds. The monoisotopic (exact) mass is 463 g/mol. The van der Waals surface area contributed by atoms with Gasteiger partial charge in [-0.1, -0.05) is 15.9 Å². The SMILES string of the molecule is Cc1cc(C(=O)NCc2cc(Br)ccn2)nc2c(C(F)(F)F)cc(C3CC3)cc12. The van der Waals surface area contributed by atoms with Crippen molar-refractivity contribution < 1.29 is 18.0 Å². The van der Waals surface area contributed by atoms with Crippen molar-refractivity contribution in [2.24, 2.45) is 0 Å². The van der Waals surface area contributed by atoms with Crippen LogP contribution in [-0.2, 0) is 12.7 Å². The van der Waals surface area contributed by atoms with E-state index in [1.54, 1.807) is 31.3 Å². The number of aryl methyl sites for hydroxylation is 1. The summed E-state index contributed by atoms with van der Waals surface area (Å²) in [6, 6.07) is 7.99. The third-order valence-electron chi connectivity index (χ3n) is 4.94. The van der Waals surface area contributed by atoms with Crippen molar-refractivity contribution in [3.8, 4) is 0 Å². The van der Waals surface area contributed by atoms with Gasteiger partial charge in [0.2, 0.25) is 0 Å². The molecule has 0 aliphatic heterocycles. The molecule has 1 N–H and O–H groups in total. The van der Waals surface area contributed by atoms with E-state index in [-0.39, 0.29) is 23.7 Å². The number of hydrogen-bond donors (Lipinski definition) is 1. The predicted octanol–water partition coefficient (Wildman–Crippen LogP) is 5.53. The number of benzene rings is 1. The Bertz CT molecular complexity index is 1110. The minimum Gasteiger partial charge on any atom is -0.345 e. The molecule has 1 aromatic carbocycles. The summed E-state index contributed by atoms with van der Waals surface area (Å²) in [4.78, 5) is 20.8. The number of hydrogen-bond acceptors (Lipinski definition) is 3. The van der Waals surface area contributed by atoms with Gasteiger partial charge in [0.1, 0.15) is 5.69 Å². The van der Waals surface area contributed by atoms with Crippen molar-refractivity contribution >= 4 is 32.7 Å². The van der Waals surface area contributed by atoms with Gasteiger partial charge in [-0.25, -0.2) is 4.98 Å². The summed E-state index contributed by atoms with van der Waals surface area (Å²) in [5.41, 5.74) is 0.877. The Labute approximate surface area is 173 Å². The number of aromatic nitrogens is 2. The lowest BCUT2D eigenvalue weighted by atomic mass is 9.98. The fourth-order valence-corrected chi connectivity index (χ4v) is 3.69. The van der Waals surface area contributed by atoms with Gasteiger partial charge in [-0.2, -0.15) is 13.2 Å². The smallest absolute Gasteiger partial charge is 0.345 e. The third-order valence-corrected chi connectivity index (χ3v) is 5.43. The molecule has 1 saturated carbocycles. The van der Waals surface area contributed by atoms with E-state index < -0.39 is 17.6 Å². The average molecular weight is 464 g/mol. The second-order valence-corrected chi connectivity index (χ2v) is 8.12. The first kappa shape index (κ1) is 19.8. The lowest BCUT2D eigenvalue weighted by Crippen LogP contribution is -2.24. The molecule has 150 valence electrons. The molecular formula is C21H17BrF3N3O. The fourth-order valence-electron chi connectivity index (χ4n) is 3.31. The third kappa shape index (κ3) is 4.27. The molecule has 2 heterocycles. The molecule has 1 fully saturated rings. The second-order valence-electron chi connectivity index (χ2n) is 7.21. The summed E-state index contributed by atoms with van der Waals surface area (Å²) in [6.45, 7) is 1.84. The van der Waals surface area contributed by atoms with E-state index in [2.05, 4.69) is 31.2 Å². The maximum atomic E-state index is 13.7. The molecule has 0 saturated heterocycles. The molecule has 3 aromatic rings. The Morgan fingerprint density at radius 1 is 1.24 bits per heavy atom. The minimum atomic E-state index is -4.54. The first-order valence-corrected chi connectivity index (χ1v) is 9.93. The zero-order valence-corrected chi connectivity index (χ0v) is 17.1. The van der Waals surface area contributed by atoms with Crippen LogP contribution in [-0.4, -0.2) is 15.9 Å². The number of carbonyl (C=O) groups is 1. The van der Waals surface area contributed by atoms with Gasteiger partial charge in [-0.05, 0) is 67.1 Å². The Kier molecular flexibility index (Phi) is 5.06. The lowest BCUT2D eigenvalue weighted by molar-refractivity contribution is -0.136. The van der Waals surface area contributed by atoms with Crippen molar-refractivity contribution in [1.82, 2.24) is 15.3 Å². The number of carbonyl (C=O) groups excluding carboxylic acids is 1.